The molecule has 0 radical (unpaired) electrons. The maximum Gasteiger partial charge on any atom is 0.00953 e. The molecule has 1 nitrogen and oxygen atoms in total. The van der Waals surface area contributed by atoms with Crippen molar-refractivity contribution in [3.63, 3.8) is 0 Å². The molecule has 0 amide bonds. The predicted octanol–water partition coefficient (Wildman–Crippen LogP) is 3.10. The molecule has 0 aromatic rings. The minimum absolute atomic E-state index is 0.881. The zero-order valence-electron chi connectivity index (χ0n) is 8.73. The van der Waals surface area contributed by atoms with E-state index < -0.39 is 0 Å². The van der Waals surface area contributed by atoms with Gasteiger partial charge in [0.2, 0.25) is 0 Å². The predicted molar refractivity (Wildman–Crippen MR) is 56.8 cm³/mol. The topological polar surface area (TPSA) is 12.0 Å². The molecule has 0 aromatic heterocycles. The molecule has 1 heteroatoms. The van der Waals surface area contributed by atoms with Crippen LogP contribution in [0.3, 0.4) is 0 Å². The largest absolute Gasteiger partial charge is 0.314 e. The zero-order chi connectivity index (χ0) is 8.93. The van der Waals surface area contributed by atoms with Gasteiger partial charge in [0.25, 0.3) is 0 Å². The van der Waals surface area contributed by atoms with Crippen LogP contribution in [0.15, 0.2) is 0 Å². The maximum absolute atomic E-state index is 3.72. The van der Waals surface area contributed by atoms with Crippen LogP contribution < -0.4 is 5.32 Å². The van der Waals surface area contributed by atoms with E-state index in [9.17, 15) is 0 Å². The van der Waals surface area contributed by atoms with E-state index in [0.717, 1.165) is 12.0 Å². The van der Waals surface area contributed by atoms with Crippen molar-refractivity contribution < 1.29 is 0 Å². The Kier molecular flexibility index (Phi) is 3.65. The van der Waals surface area contributed by atoms with Crippen LogP contribution in [-0.2, 0) is 0 Å². The monoisotopic (exact) mass is 181 g/mol. The Hall–Kier alpha value is -0.0400. The van der Waals surface area contributed by atoms with Gasteiger partial charge in [-0.25, -0.2) is 0 Å². The van der Waals surface area contributed by atoms with Crippen LogP contribution in [0.1, 0.15) is 57.8 Å². The van der Waals surface area contributed by atoms with Crippen molar-refractivity contribution in [2.24, 2.45) is 5.92 Å². The van der Waals surface area contributed by atoms with Crippen LogP contribution in [0.25, 0.3) is 0 Å². The van der Waals surface area contributed by atoms with Crippen molar-refractivity contribution in [1.82, 2.24) is 5.32 Å². The Morgan fingerprint density at radius 3 is 2.00 bits per heavy atom. The van der Waals surface area contributed by atoms with Crippen LogP contribution in [0.2, 0.25) is 0 Å². The highest BCUT2D eigenvalue weighted by Crippen LogP contribution is 2.28. The molecular weight excluding hydrogens is 158 g/mol. The van der Waals surface area contributed by atoms with Gasteiger partial charge in [0, 0.05) is 6.04 Å². The van der Waals surface area contributed by atoms with Crippen molar-refractivity contribution in [2.75, 3.05) is 6.54 Å². The van der Waals surface area contributed by atoms with Gasteiger partial charge in [0.05, 0.1) is 0 Å². The second kappa shape index (κ2) is 4.99. The Morgan fingerprint density at radius 2 is 1.38 bits per heavy atom. The molecule has 1 N–H and O–H groups in total. The van der Waals surface area contributed by atoms with Gasteiger partial charge >= 0.3 is 0 Å². The van der Waals surface area contributed by atoms with Crippen molar-refractivity contribution >= 4 is 0 Å². The lowest BCUT2D eigenvalue weighted by molar-refractivity contribution is 0.271. The lowest BCUT2D eigenvalue weighted by Crippen LogP contribution is -2.39. The van der Waals surface area contributed by atoms with E-state index in [2.05, 4.69) is 5.32 Å². The van der Waals surface area contributed by atoms with Gasteiger partial charge in [0.1, 0.15) is 0 Å². The first-order chi connectivity index (χ1) is 6.47. The molecular formula is C12H23N. The van der Waals surface area contributed by atoms with E-state index in [1.165, 1.54) is 64.3 Å². The molecule has 76 valence electrons. The van der Waals surface area contributed by atoms with Crippen LogP contribution in [0.4, 0.5) is 0 Å². The summed E-state index contributed by atoms with van der Waals surface area (Å²) < 4.78 is 0. The average molecular weight is 181 g/mol. The first kappa shape index (κ1) is 9.51. The third-order valence-electron chi connectivity index (χ3n) is 3.82. The fourth-order valence-electron chi connectivity index (χ4n) is 2.99. The van der Waals surface area contributed by atoms with E-state index in [4.69, 9.17) is 0 Å². The molecule has 0 spiro atoms. The second-order valence-corrected chi connectivity index (χ2v) is 4.81. The summed E-state index contributed by atoms with van der Waals surface area (Å²) in [5.74, 6) is 1.02. The SMILES string of the molecule is C1CCCC(C2CCCCN2)CC1. The van der Waals surface area contributed by atoms with Gasteiger partial charge in [-0.2, -0.15) is 0 Å². The summed E-state index contributed by atoms with van der Waals surface area (Å²) in [5, 5.41) is 3.72. The number of hydrogen-bond donors (Lipinski definition) is 1. The fraction of sp³-hybridized carbons (Fsp3) is 1.00. The van der Waals surface area contributed by atoms with Crippen LogP contribution in [0, 0.1) is 5.92 Å². The molecule has 1 unspecified atom stereocenters. The van der Waals surface area contributed by atoms with Gasteiger partial charge < -0.3 is 5.32 Å². The van der Waals surface area contributed by atoms with E-state index >= 15 is 0 Å². The fourth-order valence-corrected chi connectivity index (χ4v) is 2.99. The Morgan fingerprint density at radius 1 is 0.692 bits per heavy atom. The summed E-state index contributed by atoms with van der Waals surface area (Å²) >= 11 is 0. The standard InChI is InChI=1S/C12H23N/c1-2-4-8-11(7-3-1)12-9-5-6-10-13-12/h11-13H,1-10H2. The van der Waals surface area contributed by atoms with E-state index in [1.807, 2.05) is 0 Å². The summed E-state index contributed by atoms with van der Waals surface area (Å²) in [7, 11) is 0. The number of nitrogens with one attached hydrogen (secondary N) is 1. The molecule has 0 aromatic carbocycles. The molecule has 0 bridgehead atoms. The van der Waals surface area contributed by atoms with Gasteiger partial charge in [-0.05, 0) is 38.1 Å². The molecule has 1 aliphatic heterocycles. The minimum Gasteiger partial charge on any atom is -0.314 e. The van der Waals surface area contributed by atoms with Crippen molar-refractivity contribution in [1.29, 1.82) is 0 Å². The van der Waals surface area contributed by atoms with Gasteiger partial charge in [-0.3, -0.25) is 0 Å². The van der Waals surface area contributed by atoms with Crippen molar-refractivity contribution in [2.45, 2.75) is 63.8 Å². The smallest absolute Gasteiger partial charge is 0.00953 e. The van der Waals surface area contributed by atoms with E-state index in [0.29, 0.717) is 0 Å². The molecule has 2 rings (SSSR count). The number of hydrogen-bond acceptors (Lipinski definition) is 1. The van der Waals surface area contributed by atoms with Crippen molar-refractivity contribution in [3.8, 4) is 0 Å². The second-order valence-electron chi connectivity index (χ2n) is 4.81. The van der Waals surface area contributed by atoms with Crippen LogP contribution in [-0.4, -0.2) is 12.6 Å². The highest BCUT2D eigenvalue weighted by atomic mass is 14.9. The summed E-state index contributed by atoms with van der Waals surface area (Å²) in [4.78, 5) is 0. The molecule has 1 atom stereocenters. The molecule has 1 aliphatic carbocycles. The summed E-state index contributed by atoms with van der Waals surface area (Å²) in [6.45, 7) is 1.28. The lowest BCUT2D eigenvalue weighted by Gasteiger charge is -2.30. The van der Waals surface area contributed by atoms with Gasteiger partial charge in [-0.15, -0.1) is 0 Å². The minimum atomic E-state index is 0.881. The first-order valence-corrected chi connectivity index (χ1v) is 6.20. The molecule has 1 saturated carbocycles. The Bertz CT molecular complexity index is 130. The van der Waals surface area contributed by atoms with Crippen LogP contribution in [0.5, 0.6) is 0 Å². The number of rotatable bonds is 1. The first-order valence-electron chi connectivity index (χ1n) is 6.20. The quantitative estimate of drug-likeness (QED) is 0.613. The van der Waals surface area contributed by atoms with E-state index in [-0.39, 0.29) is 0 Å². The third kappa shape index (κ3) is 2.70. The Labute approximate surface area is 82.3 Å². The zero-order valence-corrected chi connectivity index (χ0v) is 8.73. The molecule has 1 heterocycles. The molecule has 2 fully saturated rings. The molecule has 1 saturated heterocycles. The van der Waals surface area contributed by atoms with Gasteiger partial charge in [-0.1, -0.05) is 32.1 Å². The summed E-state index contributed by atoms with van der Waals surface area (Å²) in [6, 6.07) is 0.881. The highest BCUT2D eigenvalue weighted by molar-refractivity contribution is 4.81. The highest BCUT2D eigenvalue weighted by Gasteiger charge is 2.23. The normalized spacial score (nSPS) is 32.8. The number of piperidine rings is 1. The summed E-state index contributed by atoms with van der Waals surface area (Å²) in [5.41, 5.74) is 0. The molecule has 2 aliphatic rings. The molecule has 13 heavy (non-hydrogen) atoms. The Balaban J connectivity index is 1.82. The summed E-state index contributed by atoms with van der Waals surface area (Å²) in [6.07, 6.45) is 13.3. The maximum atomic E-state index is 3.72. The van der Waals surface area contributed by atoms with Crippen molar-refractivity contribution in [3.05, 3.63) is 0 Å². The third-order valence-corrected chi connectivity index (χ3v) is 3.82. The average Bonchev–Trinajstić information content (AvgIpc) is 2.47. The lowest BCUT2D eigenvalue weighted by atomic mass is 9.87. The van der Waals surface area contributed by atoms with Crippen LogP contribution >= 0.6 is 0 Å². The van der Waals surface area contributed by atoms with Gasteiger partial charge in [0.15, 0.2) is 0 Å². The van der Waals surface area contributed by atoms with E-state index in [1.54, 1.807) is 0 Å².